The van der Waals surface area contributed by atoms with Crippen LogP contribution < -0.4 is 25.3 Å². The summed E-state index contributed by atoms with van der Waals surface area (Å²) in [6, 6.07) is 18.5. The summed E-state index contributed by atoms with van der Waals surface area (Å²) >= 11 is 6.93. The smallest absolute Gasteiger partial charge is 0.222 e. The molecular formula is C37H35ClN8O3. The van der Waals surface area contributed by atoms with E-state index in [2.05, 4.69) is 37.8 Å². The maximum atomic E-state index is 11.1. The topological polar surface area (TPSA) is 171 Å². The molecule has 2 aliphatic heterocycles. The Morgan fingerprint density at radius 3 is 2.06 bits per heavy atom. The van der Waals surface area contributed by atoms with E-state index in [-0.39, 0.29) is 23.6 Å². The van der Waals surface area contributed by atoms with Gasteiger partial charge < -0.3 is 25.3 Å². The zero-order valence-corrected chi connectivity index (χ0v) is 28.2. The number of aromatic nitrogens is 4. The number of hydrogen-bond donors (Lipinski definition) is 4. The largest absolute Gasteiger partial charge is 0.497 e. The van der Waals surface area contributed by atoms with Gasteiger partial charge in [-0.15, -0.1) is 0 Å². The van der Waals surface area contributed by atoms with Crippen LogP contribution in [-0.4, -0.2) is 27.5 Å². The van der Waals surface area contributed by atoms with Crippen molar-refractivity contribution in [1.82, 2.24) is 20.4 Å². The van der Waals surface area contributed by atoms with Crippen LogP contribution in [0.15, 0.2) is 65.4 Å². The van der Waals surface area contributed by atoms with Crippen LogP contribution in [0, 0.1) is 48.3 Å². The van der Waals surface area contributed by atoms with Crippen molar-refractivity contribution in [2.75, 3.05) is 12.4 Å². The van der Waals surface area contributed by atoms with Crippen molar-refractivity contribution in [3.8, 4) is 29.6 Å². The molecule has 8 rings (SSSR count). The van der Waals surface area contributed by atoms with E-state index in [1.165, 1.54) is 0 Å². The third kappa shape index (κ3) is 4.25. The summed E-state index contributed by atoms with van der Waals surface area (Å²) in [5.41, 5.74) is 10.8. The molecule has 248 valence electrons. The first-order valence-electron chi connectivity index (χ1n) is 16.5. The molecule has 0 bridgehead atoms. The van der Waals surface area contributed by atoms with E-state index in [0.717, 1.165) is 66.5 Å². The Morgan fingerprint density at radius 1 is 0.878 bits per heavy atom. The lowest BCUT2D eigenvalue weighted by Gasteiger charge is -2.48. The molecule has 2 fully saturated rings. The van der Waals surface area contributed by atoms with Gasteiger partial charge in [0.15, 0.2) is 0 Å². The maximum Gasteiger partial charge on any atom is 0.222 e. The van der Waals surface area contributed by atoms with Crippen LogP contribution >= 0.6 is 11.6 Å². The van der Waals surface area contributed by atoms with E-state index < -0.39 is 10.8 Å². The number of rotatable bonds is 7. The Hall–Kier alpha value is -5.39. The third-order valence-electron chi connectivity index (χ3n) is 11.1. The van der Waals surface area contributed by atoms with E-state index in [9.17, 15) is 10.5 Å². The van der Waals surface area contributed by atoms with Crippen LogP contribution in [0.4, 0.5) is 5.69 Å². The maximum absolute atomic E-state index is 11.1. The number of benzene rings is 2. The molecule has 2 unspecified atom stereocenters. The summed E-state index contributed by atoms with van der Waals surface area (Å²) in [5.74, 6) is 2.10. The summed E-state index contributed by atoms with van der Waals surface area (Å²) in [7, 11) is 1.64. The van der Waals surface area contributed by atoms with Crippen LogP contribution in [0.1, 0.15) is 72.2 Å². The number of allylic oxidation sites excluding steroid dienone is 2. The zero-order valence-electron chi connectivity index (χ0n) is 27.4. The number of H-pyrrole nitrogens is 2. The molecule has 4 aliphatic rings. The van der Waals surface area contributed by atoms with Crippen LogP contribution in [0.5, 0.6) is 17.5 Å². The second kappa shape index (κ2) is 11.4. The first kappa shape index (κ1) is 30.9. The van der Waals surface area contributed by atoms with Crippen molar-refractivity contribution < 1.29 is 14.2 Å². The molecule has 0 spiro atoms. The molecule has 12 heteroatoms. The number of methoxy groups -OCH3 is 1. The van der Waals surface area contributed by atoms with Crippen LogP contribution in [0.25, 0.3) is 0 Å². The van der Waals surface area contributed by atoms with Crippen molar-refractivity contribution in [2.24, 2.45) is 17.6 Å². The average molecular weight is 675 g/mol. The minimum absolute atomic E-state index is 0.0378. The SMILES string of the molecule is COc1cccc(C2(C3CCC3)C(C#N)=C(Nc3cc(Cl)cc(C4(C5CCC5)C(C#N)=C(N)Oc5[nH]nc(C)c54)c3)Oc3[nH]nc(C)c32)c1. The van der Waals surface area contributed by atoms with Gasteiger partial charge in [0.25, 0.3) is 0 Å². The number of nitrogens with two attached hydrogens (primary N) is 1. The van der Waals surface area contributed by atoms with Gasteiger partial charge in [-0.1, -0.05) is 36.6 Å². The van der Waals surface area contributed by atoms with E-state index in [1.54, 1.807) is 13.2 Å². The fourth-order valence-corrected chi connectivity index (χ4v) is 8.88. The minimum Gasteiger partial charge on any atom is -0.497 e. The molecule has 2 aromatic heterocycles. The molecule has 49 heavy (non-hydrogen) atoms. The fraction of sp³-hybridized carbons (Fsp3) is 0.351. The summed E-state index contributed by atoms with van der Waals surface area (Å²) in [6.07, 6.45) is 5.72. The molecule has 2 aromatic carbocycles. The highest BCUT2D eigenvalue weighted by molar-refractivity contribution is 6.31. The summed E-state index contributed by atoms with van der Waals surface area (Å²) in [4.78, 5) is 0. The predicted molar refractivity (Wildman–Crippen MR) is 182 cm³/mol. The lowest BCUT2D eigenvalue weighted by molar-refractivity contribution is 0.206. The highest BCUT2D eigenvalue weighted by Gasteiger charge is 2.56. The number of fused-ring (bicyclic) bond motifs is 2. The van der Waals surface area contributed by atoms with Crippen molar-refractivity contribution in [2.45, 2.75) is 63.2 Å². The number of hydrogen-bond acceptors (Lipinski definition) is 9. The average Bonchev–Trinajstić information content (AvgIpc) is 3.60. The lowest BCUT2D eigenvalue weighted by Crippen LogP contribution is -2.46. The quantitative estimate of drug-likeness (QED) is 0.163. The Morgan fingerprint density at radius 2 is 1.49 bits per heavy atom. The Kier molecular flexibility index (Phi) is 7.16. The van der Waals surface area contributed by atoms with E-state index in [4.69, 9.17) is 31.5 Å². The second-order valence-electron chi connectivity index (χ2n) is 13.4. The normalized spacial score (nSPS) is 23.2. The number of ether oxygens (including phenoxy) is 3. The molecule has 4 heterocycles. The number of halogens is 1. The highest BCUT2D eigenvalue weighted by Crippen LogP contribution is 2.60. The van der Waals surface area contributed by atoms with Gasteiger partial charge in [-0.05, 0) is 92.8 Å². The number of anilines is 1. The molecule has 0 saturated heterocycles. The van der Waals surface area contributed by atoms with Gasteiger partial charge >= 0.3 is 0 Å². The van der Waals surface area contributed by atoms with Crippen LogP contribution in [0.3, 0.4) is 0 Å². The molecular weight excluding hydrogens is 640 g/mol. The molecule has 11 nitrogen and oxygen atoms in total. The second-order valence-corrected chi connectivity index (χ2v) is 13.8. The first-order chi connectivity index (χ1) is 23.8. The van der Waals surface area contributed by atoms with Gasteiger partial charge in [0.2, 0.25) is 23.5 Å². The van der Waals surface area contributed by atoms with Crippen molar-refractivity contribution in [3.05, 3.63) is 104 Å². The van der Waals surface area contributed by atoms with E-state index in [0.29, 0.717) is 45.1 Å². The van der Waals surface area contributed by atoms with E-state index in [1.807, 2.05) is 50.2 Å². The third-order valence-corrected chi connectivity index (χ3v) is 11.3. The molecule has 4 aromatic rings. The number of aryl methyl sites for hydroxylation is 2. The van der Waals surface area contributed by atoms with Gasteiger partial charge in [0.05, 0.1) is 40.5 Å². The molecule has 2 aliphatic carbocycles. The Bertz CT molecular complexity index is 2160. The molecule has 0 radical (unpaired) electrons. The standard InChI is InChI=1S/C37H35ClN8O3/c1-19-30-34(45-43-19)48-32(41)28(17-39)37(30,22-9-5-10-22)24-13-25(38)16-26(14-24)42-33-29(18-40)36(21-7-4-8-21,23-11-6-12-27(15-23)47-3)31-20(2)44-46-35(31)49-33/h6,11-16,21-22,42H,4-5,7-10,41H2,1-3H3,(H,43,45)(H,44,46). The van der Waals surface area contributed by atoms with Gasteiger partial charge in [-0.3, -0.25) is 0 Å². The van der Waals surface area contributed by atoms with Gasteiger partial charge in [0, 0.05) is 10.7 Å². The predicted octanol–water partition coefficient (Wildman–Crippen LogP) is 6.91. The van der Waals surface area contributed by atoms with Crippen LogP contribution in [-0.2, 0) is 10.8 Å². The number of nitriles is 2. The van der Waals surface area contributed by atoms with Crippen molar-refractivity contribution in [3.63, 3.8) is 0 Å². The summed E-state index contributed by atoms with van der Waals surface area (Å²) in [6.45, 7) is 3.84. The molecule has 2 saturated carbocycles. The lowest BCUT2D eigenvalue weighted by atomic mass is 9.55. The van der Waals surface area contributed by atoms with Crippen LogP contribution in [0.2, 0.25) is 5.02 Å². The van der Waals surface area contributed by atoms with Gasteiger partial charge in [-0.25, -0.2) is 10.2 Å². The molecule has 0 amide bonds. The van der Waals surface area contributed by atoms with Gasteiger partial charge in [-0.2, -0.15) is 20.7 Å². The summed E-state index contributed by atoms with van der Waals surface area (Å²) in [5, 5.41) is 40.7. The molecule has 5 N–H and O–H groups in total. The van der Waals surface area contributed by atoms with Crippen molar-refractivity contribution >= 4 is 17.3 Å². The number of nitrogens with one attached hydrogen (secondary N) is 3. The van der Waals surface area contributed by atoms with Gasteiger partial charge in [0.1, 0.15) is 29.0 Å². The monoisotopic (exact) mass is 674 g/mol. The summed E-state index contributed by atoms with van der Waals surface area (Å²) < 4.78 is 18.1. The zero-order chi connectivity index (χ0) is 34.1. The number of nitrogens with zero attached hydrogens (tertiary/aromatic N) is 4. The Balaban J connectivity index is 1.34. The molecule has 2 atom stereocenters. The number of aromatic amines is 2. The minimum atomic E-state index is -0.952. The fourth-order valence-electron chi connectivity index (χ4n) is 8.64. The Labute approximate surface area is 288 Å². The van der Waals surface area contributed by atoms with Crippen molar-refractivity contribution in [1.29, 1.82) is 10.5 Å². The highest BCUT2D eigenvalue weighted by atomic mass is 35.5. The first-order valence-corrected chi connectivity index (χ1v) is 16.9. The van der Waals surface area contributed by atoms with E-state index >= 15 is 0 Å².